The first-order valence-corrected chi connectivity index (χ1v) is 10.0. The summed E-state index contributed by atoms with van der Waals surface area (Å²) in [6.45, 7) is 0. The van der Waals surface area contributed by atoms with Gasteiger partial charge in [-0.25, -0.2) is 9.97 Å². The van der Waals surface area contributed by atoms with Gasteiger partial charge in [-0.1, -0.05) is 18.2 Å². The predicted octanol–water partition coefficient (Wildman–Crippen LogP) is 2.85. The molecule has 0 saturated heterocycles. The molecule has 0 radical (unpaired) electrons. The zero-order valence-electron chi connectivity index (χ0n) is 17.0. The molecule has 1 saturated carbocycles. The van der Waals surface area contributed by atoms with E-state index in [1.165, 1.54) is 0 Å². The van der Waals surface area contributed by atoms with Crippen LogP contribution in [0.15, 0.2) is 55.2 Å². The van der Waals surface area contributed by atoms with Crippen LogP contribution >= 0.6 is 0 Å². The van der Waals surface area contributed by atoms with Crippen LogP contribution in [0.25, 0.3) is 33.6 Å². The van der Waals surface area contributed by atoms with Crippen molar-refractivity contribution >= 4 is 5.82 Å². The van der Waals surface area contributed by atoms with E-state index in [-0.39, 0.29) is 6.04 Å². The monoisotopic (exact) mass is 400 g/mol. The molecule has 1 fully saturated rings. The van der Waals surface area contributed by atoms with E-state index in [9.17, 15) is 0 Å². The Kier molecular flexibility index (Phi) is 4.55. The fraction of sp³-hybridized carbons (Fsp3) is 0.273. The van der Waals surface area contributed by atoms with E-state index in [4.69, 9.17) is 10.7 Å². The summed E-state index contributed by atoms with van der Waals surface area (Å²) >= 11 is 0. The highest BCUT2D eigenvalue weighted by atomic mass is 15.2. The zero-order chi connectivity index (χ0) is 20.7. The summed E-state index contributed by atoms with van der Waals surface area (Å²) in [5, 5.41) is 12.1. The highest BCUT2D eigenvalue weighted by Gasteiger charge is 2.27. The van der Waals surface area contributed by atoms with Crippen LogP contribution < -0.4 is 11.1 Å². The Hall–Kier alpha value is -3.52. The van der Waals surface area contributed by atoms with Crippen LogP contribution in [0.2, 0.25) is 0 Å². The molecular formula is C22H24N8. The first-order valence-electron chi connectivity index (χ1n) is 10.0. The summed E-state index contributed by atoms with van der Waals surface area (Å²) < 4.78 is 3.58. The van der Waals surface area contributed by atoms with Crippen molar-refractivity contribution in [1.82, 2.24) is 29.5 Å². The van der Waals surface area contributed by atoms with Gasteiger partial charge in [0.2, 0.25) is 0 Å². The number of rotatable bonds is 5. The van der Waals surface area contributed by atoms with Crippen molar-refractivity contribution in [2.75, 3.05) is 5.32 Å². The first-order chi connectivity index (χ1) is 14.5. The lowest BCUT2D eigenvalue weighted by molar-refractivity contribution is 0.373. The van der Waals surface area contributed by atoms with Gasteiger partial charge in [0.05, 0.1) is 12.4 Å². The molecule has 30 heavy (non-hydrogen) atoms. The molecular weight excluding hydrogens is 376 g/mol. The molecule has 8 heteroatoms. The molecule has 0 spiro atoms. The minimum Gasteiger partial charge on any atom is -0.367 e. The summed E-state index contributed by atoms with van der Waals surface area (Å²) in [5.41, 5.74) is 11.0. The van der Waals surface area contributed by atoms with Crippen LogP contribution in [0, 0.1) is 0 Å². The Bertz CT molecular complexity index is 1190. The van der Waals surface area contributed by atoms with Gasteiger partial charge < -0.3 is 11.1 Å². The van der Waals surface area contributed by atoms with Gasteiger partial charge in [-0.15, -0.1) is 0 Å². The largest absolute Gasteiger partial charge is 0.367 e. The van der Waals surface area contributed by atoms with E-state index in [0.29, 0.717) is 11.9 Å². The molecule has 0 atom stereocenters. The summed E-state index contributed by atoms with van der Waals surface area (Å²) in [7, 11) is 3.82. The fourth-order valence-electron chi connectivity index (χ4n) is 3.78. The number of nitrogens with one attached hydrogen (secondary N) is 1. The van der Waals surface area contributed by atoms with Gasteiger partial charge in [-0.3, -0.25) is 9.36 Å². The van der Waals surface area contributed by atoms with Crippen LogP contribution in [0.4, 0.5) is 5.82 Å². The zero-order valence-corrected chi connectivity index (χ0v) is 17.0. The molecule has 1 aliphatic carbocycles. The normalized spacial score (nSPS) is 18.2. The second kappa shape index (κ2) is 7.38. The van der Waals surface area contributed by atoms with Crippen molar-refractivity contribution in [3.63, 3.8) is 0 Å². The number of hydrogen-bond acceptors (Lipinski definition) is 6. The maximum Gasteiger partial charge on any atom is 0.161 e. The molecule has 0 amide bonds. The molecule has 1 aliphatic rings. The SMILES string of the molecule is Cn1cc(-c2cccc(-c3ncc(-c4cnn(C)c4)c(NC4CC(N)C4)n3)c2)cn1. The topological polar surface area (TPSA) is 99.5 Å². The van der Waals surface area contributed by atoms with E-state index in [1.54, 1.807) is 9.36 Å². The number of aromatic nitrogens is 6. The molecule has 0 bridgehead atoms. The minimum atomic E-state index is 0.266. The predicted molar refractivity (Wildman–Crippen MR) is 116 cm³/mol. The number of aryl methyl sites for hydroxylation is 2. The standard InChI is InChI=1S/C22H24N8/c1-29-12-16(9-25-29)14-4-3-5-15(6-14)21-24-11-20(17-10-26-30(2)13-17)22(28-21)27-19-7-18(23)8-19/h3-6,9-13,18-19H,7-8,23H2,1-2H3,(H,24,27,28). The third-order valence-corrected chi connectivity index (χ3v) is 5.48. The molecule has 3 heterocycles. The third-order valence-electron chi connectivity index (χ3n) is 5.48. The minimum absolute atomic E-state index is 0.266. The number of benzene rings is 1. The summed E-state index contributed by atoms with van der Waals surface area (Å²) in [5.74, 6) is 1.50. The van der Waals surface area contributed by atoms with Crippen molar-refractivity contribution < 1.29 is 0 Å². The summed E-state index contributed by atoms with van der Waals surface area (Å²) in [6, 6.07) is 8.82. The molecule has 1 aromatic carbocycles. The molecule has 152 valence electrons. The van der Waals surface area contributed by atoms with Gasteiger partial charge in [0.15, 0.2) is 5.82 Å². The van der Waals surface area contributed by atoms with Crippen LogP contribution in [-0.4, -0.2) is 41.6 Å². The molecule has 0 aliphatic heterocycles. The smallest absolute Gasteiger partial charge is 0.161 e. The summed E-state index contributed by atoms with van der Waals surface area (Å²) in [4.78, 5) is 9.56. The van der Waals surface area contributed by atoms with Crippen LogP contribution in [0.5, 0.6) is 0 Å². The first kappa shape index (κ1) is 18.5. The average molecular weight is 400 g/mol. The number of nitrogens with zero attached hydrogens (tertiary/aromatic N) is 6. The maximum absolute atomic E-state index is 5.98. The number of anilines is 1. The van der Waals surface area contributed by atoms with Crippen molar-refractivity contribution in [3.05, 3.63) is 55.2 Å². The van der Waals surface area contributed by atoms with Crippen molar-refractivity contribution in [3.8, 4) is 33.6 Å². The van der Waals surface area contributed by atoms with Crippen LogP contribution in [0.1, 0.15) is 12.8 Å². The van der Waals surface area contributed by atoms with Crippen molar-refractivity contribution in [1.29, 1.82) is 0 Å². The molecule has 4 aromatic rings. The van der Waals surface area contributed by atoms with Gasteiger partial charge in [0.1, 0.15) is 5.82 Å². The second-order valence-electron chi connectivity index (χ2n) is 7.91. The van der Waals surface area contributed by atoms with E-state index < -0.39 is 0 Å². The maximum atomic E-state index is 5.98. The van der Waals surface area contributed by atoms with Crippen LogP contribution in [0.3, 0.4) is 0 Å². The van der Waals surface area contributed by atoms with E-state index >= 15 is 0 Å². The second-order valence-corrected chi connectivity index (χ2v) is 7.91. The van der Waals surface area contributed by atoms with Crippen molar-refractivity contribution in [2.45, 2.75) is 24.9 Å². The average Bonchev–Trinajstić information content (AvgIpc) is 3.35. The fourth-order valence-corrected chi connectivity index (χ4v) is 3.78. The van der Waals surface area contributed by atoms with Crippen molar-refractivity contribution in [2.24, 2.45) is 19.8 Å². The lowest BCUT2D eigenvalue weighted by Crippen LogP contribution is -2.44. The van der Waals surface area contributed by atoms with Gasteiger partial charge in [0, 0.05) is 67.0 Å². The Morgan fingerprint density at radius 3 is 2.30 bits per heavy atom. The molecule has 3 aromatic heterocycles. The Labute approximate surface area is 174 Å². The van der Waals surface area contributed by atoms with Crippen LogP contribution in [-0.2, 0) is 14.1 Å². The van der Waals surface area contributed by atoms with E-state index in [2.05, 4.69) is 32.6 Å². The highest BCUT2D eigenvalue weighted by Crippen LogP contribution is 2.32. The Morgan fingerprint density at radius 1 is 0.933 bits per heavy atom. The van der Waals surface area contributed by atoms with Gasteiger partial charge in [0.25, 0.3) is 0 Å². The third kappa shape index (κ3) is 3.57. The van der Waals surface area contributed by atoms with Gasteiger partial charge in [-0.2, -0.15) is 10.2 Å². The number of hydrogen-bond donors (Lipinski definition) is 2. The van der Waals surface area contributed by atoms with Gasteiger partial charge >= 0.3 is 0 Å². The Balaban J connectivity index is 1.53. The lowest BCUT2D eigenvalue weighted by atomic mass is 9.87. The lowest BCUT2D eigenvalue weighted by Gasteiger charge is -2.33. The number of nitrogens with two attached hydrogens (primary N) is 1. The molecule has 5 rings (SSSR count). The highest BCUT2D eigenvalue weighted by molar-refractivity contribution is 5.76. The quantitative estimate of drug-likeness (QED) is 0.534. The molecule has 0 unspecified atom stereocenters. The Morgan fingerprint density at radius 2 is 1.63 bits per heavy atom. The van der Waals surface area contributed by atoms with Gasteiger partial charge in [-0.05, 0) is 24.5 Å². The molecule has 3 N–H and O–H groups in total. The summed E-state index contributed by atoms with van der Waals surface area (Å²) in [6.07, 6.45) is 11.4. The van der Waals surface area contributed by atoms with E-state index in [1.807, 2.05) is 57.2 Å². The molecule has 8 nitrogen and oxygen atoms in total. The van der Waals surface area contributed by atoms with E-state index in [0.717, 1.165) is 46.5 Å².